The molecule has 0 bridgehead atoms. The zero-order valence-electron chi connectivity index (χ0n) is 8.83. The highest BCUT2D eigenvalue weighted by molar-refractivity contribution is 9.10. The van der Waals surface area contributed by atoms with Crippen LogP contribution >= 0.6 is 15.9 Å². The Kier molecular flexibility index (Phi) is 4.29. The van der Waals surface area contributed by atoms with Gasteiger partial charge in [0.15, 0.2) is 0 Å². The lowest BCUT2D eigenvalue weighted by molar-refractivity contribution is -0.122. The standard InChI is InChI=1S/C11H15BrN2O/c1-7(13)11(15)14-8(2)9-4-3-5-10(12)6-9/h3-8H,13H2,1-2H3,(H,14,15)/t7-,8+/m1/s1. The first-order valence-electron chi connectivity index (χ1n) is 4.82. The zero-order chi connectivity index (χ0) is 11.4. The van der Waals surface area contributed by atoms with Crippen LogP contribution in [0.2, 0.25) is 0 Å². The van der Waals surface area contributed by atoms with Gasteiger partial charge in [-0.3, -0.25) is 4.79 Å². The predicted octanol–water partition coefficient (Wildman–Crippen LogP) is 1.97. The van der Waals surface area contributed by atoms with E-state index >= 15 is 0 Å². The van der Waals surface area contributed by atoms with Crippen molar-refractivity contribution < 1.29 is 4.79 Å². The van der Waals surface area contributed by atoms with Gasteiger partial charge in [-0.2, -0.15) is 0 Å². The molecule has 0 radical (unpaired) electrons. The van der Waals surface area contributed by atoms with Gasteiger partial charge >= 0.3 is 0 Å². The van der Waals surface area contributed by atoms with Crippen molar-refractivity contribution in [3.63, 3.8) is 0 Å². The minimum absolute atomic E-state index is 0.0269. The van der Waals surface area contributed by atoms with Crippen LogP contribution in [0.25, 0.3) is 0 Å². The van der Waals surface area contributed by atoms with Gasteiger partial charge in [-0.15, -0.1) is 0 Å². The van der Waals surface area contributed by atoms with Gasteiger partial charge in [-0.25, -0.2) is 0 Å². The van der Waals surface area contributed by atoms with Crippen LogP contribution in [-0.4, -0.2) is 11.9 Å². The van der Waals surface area contributed by atoms with E-state index in [0.717, 1.165) is 10.0 Å². The Bertz CT molecular complexity index is 352. The van der Waals surface area contributed by atoms with E-state index in [0.29, 0.717) is 0 Å². The molecule has 4 heteroatoms. The van der Waals surface area contributed by atoms with Crippen molar-refractivity contribution in [2.24, 2.45) is 5.73 Å². The third-order valence-electron chi connectivity index (χ3n) is 2.12. The van der Waals surface area contributed by atoms with Crippen LogP contribution in [0, 0.1) is 0 Å². The number of nitrogens with one attached hydrogen (secondary N) is 1. The van der Waals surface area contributed by atoms with Crippen molar-refractivity contribution in [1.29, 1.82) is 0 Å². The summed E-state index contributed by atoms with van der Waals surface area (Å²) in [6.07, 6.45) is 0. The van der Waals surface area contributed by atoms with Gasteiger partial charge in [-0.05, 0) is 31.5 Å². The van der Waals surface area contributed by atoms with E-state index in [-0.39, 0.29) is 11.9 Å². The maximum absolute atomic E-state index is 11.4. The fourth-order valence-electron chi connectivity index (χ4n) is 1.20. The van der Waals surface area contributed by atoms with Gasteiger partial charge in [0.25, 0.3) is 0 Å². The van der Waals surface area contributed by atoms with E-state index in [9.17, 15) is 4.79 Å². The molecule has 1 aromatic carbocycles. The van der Waals surface area contributed by atoms with Crippen molar-refractivity contribution in [3.8, 4) is 0 Å². The molecule has 0 spiro atoms. The number of amides is 1. The van der Waals surface area contributed by atoms with Crippen molar-refractivity contribution in [1.82, 2.24) is 5.32 Å². The summed E-state index contributed by atoms with van der Waals surface area (Å²) in [5.41, 5.74) is 6.52. The van der Waals surface area contributed by atoms with E-state index in [4.69, 9.17) is 5.73 Å². The first kappa shape index (κ1) is 12.2. The van der Waals surface area contributed by atoms with Gasteiger partial charge in [0.1, 0.15) is 0 Å². The van der Waals surface area contributed by atoms with E-state index in [1.54, 1.807) is 6.92 Å². The van der Waals surface area contributed by atoms with Gasteiger partial charge in [0.05, 0.1) is 12.1 Å². The van der Waals surface area contributed by atoms with Crippen LogP contribution in [-0.2, 0) is 4.79 Å². The molecule has 3 N–H and O–H groups in total. The Labute approximate surface area is 98.2 Å². The van der Waals surface area contributed by atoms with Crippen molar-refractivity contribution in [2.75, 3.05) is 0 Å². The molecule has 0 unspecified atom stereocenters. The summed E-state index contributed by atoms with van der Waals surface area (Å²) in [5, 5.41) is 2.84. The molecule has 0 heterocycles. The van der Waals surface area contributed by atoms with Crippen LogP contribution in [0.4, 0.5) is 0 Å². The summed E-state index contributed by atoms with van der Waals surface area (Å²) in [4.78, 5) is 11.4. The second-order valence-corrected chi connectivity index (χ2v) is 4.49. The van der Waals surface area contributed by atoms with Crippen LogP contribution in [0.1, 0.15) is 25.5 Å². The Balaban J connectivity index is 2.69. The first-order valence-corrected chi connectivity index (χ1v) is 5.61. The normalized spacial score (nSPS) is 14.4. The lowest BCUT2D eigenvalue weighted by Gasteiger charge is -2.16. The van der Waals surface area contributed by atoms with Crippen molar-refractivity contribution >= 4 is 21.8 Å². The molecular formula is C11H15BrN2O. The smallest absolute Gasteiger partial charge is 0.237 e. The molecule has 0 saturated carbocycles. The van der Waals surface area contributed by atoms with Gasteiger partial charge in [0, 0.05) is 4.47 Å². The highest BCUT2D eigenvalue weighted by atomic mass is 79.9. The van der Waals surface area contributed by atoms with Crippen LogP contribution in [0.3, 0.4) is 0 Å². The number of hydrogen-bond donors (Lipinski definition) is 2. The predicted molar refractivity (Wildman–Crippen MR) is 64.3 cm³/mol. The quantitative estimate of drug-likeness (QED) is 0.883. The number of hydrogen-bond acceptors (Lipinski definition) is 2. The minimum Gasteiger partial charge on any atom is -0.348 e. The Morgan fingerprint density at radius 1 is 1.47 bits per heavy atom. The molecule has 1 amide bonds. The second kappa shape index (κ2) is 5.28. The van der Waals surface area contributed by atoms with Crippen LogP contribution in [0.15, 0.2) is 28.7 Å². The third-order valence-corrected chi connectivity index (χ3v) is 2.61. The fraction of sp³-hybridized carbons (Fsp3) is 0.364. The van der Waals surface area contributed by atoms with E-state index in [1.807, 2.05) is 31.2 Å². The molecule has 0 aliphatic carbocycles. The Morgan fingerprint density at radius 2 is 2.13 bits per heavy atom. The minimum atomic E-state index is -0.473. The highest BCUT2D eigenvalue weighted by Gasteiger charge is 2.12. The summed E-state index contributed by atoms with van der Waals surface area (Å²) in [6.45, 7) is 3.60. The van der Waals surface area contributed by atoms with Crippen molar-refractivity contribution in [3.05, 3.63) is 34.3 Å². The summed E-state index contributed by atoms with van der Waals surface area (Å²) in [7, 11) is 0. The molecule has 1 aromatic rings. The number of benzene rings is 1. The molecule has 0 aliphatic rings. The lowest BCUT2D eigenvalue weighted by Crippen LogP contribution is -2.39. The summed E-state index contributed by atoms with van der Waals surface area (Å²) in [6, 6.07) is 7.33. The molecule has 0 fully saturated rings. The van der Waals surface area contributed by atoms with Gasteiger partial charge in [-0.1, -0.05) is 28.1 Å². The molecule has 0 aromatic heterocycles. The van der Waals surface area contributed by atoms with Gasteiger partial charge in [0.2, 0.25) is 5.91 Å². The highest BCUT2D eigenvalue weighted by Crippen LogP contribution is 2.17. The summed E-state index contributed by atoms with van der Waals surface area (Å²) < 4.78 is 1.00. The number of carbonyl (C=O) groups is 1. The summed E-state index contributed by atoms with van der Waals surface area (Å²) in [5.74, 6) is -0.137. The Hall–Kier alpha value is -0.870. The fourth-order valence-corrected chi connectivity index (χ4v) is 1.62. The molecule has 0 saturated heterocycles. The molecule has 1 rings (SSSR count). The van der Waals surface area contributed by atoms with E-state index in [1.165, 1.54) is 0 Å². The number of halogens is 1. The zero-order valence-corrected chi connectivity index (χ0v) is 10.4. The molecule has 0 aliphatic heterocycles. The number of carbonyl (C=O) groups excluding carboxylic acids is 1. The maximum Gasteiger partial charge on any atom is 0.237 e. The van der Waals surface area contributed by atoms with Crippen LogP contribution < -0.4 is 11.1 Å². The van der Waals surface area contributed by atoms with E-state index < -0.39 is 6.04 Å². The third kappa shape index (κ3) is 3.64. The monoisotopic (exact) mass is 270 g/mol. The molecule has 15 heavy (non-hydrogen) atoms. The number of nitrogens with two attached hydrogens (primary N) is 1. The number of rotatable bonds is 3. The van der Waals surface area contributed by atoms with E-state index in [2.05, 4.69) is 21.2 Å². The Morgan fingerprint density at radius 3 is 2.67 bits per heavy atom. The second-order valence-electron chi connectivity index (χ2n) is 3.57. The summed E-state index contributed by atoms with van der Waals surface area (Å²) >= 11 is 3.39. The first-order chi connectivity index (χ1) is 7.00. The molecule has 3 nitrogen and oxygen atoms in total. The molecular weight excluding hydrogens is 256 g/mol. The largest absolute Gasteiger partial charge is 0.348 e. The van der Waals surface area contributed by atoms with Crippen molar-refractivity contribution in [2.45, 2.75) is 25.9 Å². The topological polar surface area (TPSA) is 55.1 Å². The molecule has 2 atom stereocenters. The average molecular weight is 271 g/mol. The molecule has 82 valence electrons. The van der Waals surface area contributed by atoms with Crippen LogP contribution in [0.5, 0.6) is 0 Å². The van der Waals surface area contributed by atoms with Gasteiger partial charge < -0.3 is 11.1 Å². The maximum atomic E-state index is 11.4. The SMILES string of the molecule is C[C@H](NC(=O)[C@@H](C)N)c1cccc(Br)c1. The average Bonchev–Trinajstić information content (AvgIpc) is 2.17. The lowest BCUT2D eigenvalue weighted by atomic mass is 10.1.